The molecule has 156 valence electrons. The van der Waals surface area contributed by atoms with Gasteiger partial charge in [0.05, 0.1) is 4.90 Å². The first kappa shape index (κ1) is 20.6. The van der Waals surface area contributed by atoms with Crippen LogP contribution < -0.4 is 0 Å². The molecule has 0 radical (unpaired) electrons. The summed E-state index contributed by atoms with van der Waals surface area (Å²) in [6.07, 6.45) is 0. The second-order valence-electron chi connectivity index (χ2n) is 7.10. The lowest BCUT2D eigenvalue weighted by atomic mass is 10.1. The summed E-state index contributed by atoms with van der Waals surface area (Å²) in [6.45, 7) is 2.91. The van der Waals surface area contributed by atoms with Crippen molar-refractivity contribution in [3.8, 4) is 11.3 Å². The quantitative estimate of drug-likeness (QED) is 0.614. The summed E-state index contributed by atoms with van der Waals surface area (Å²) in [4.78, 5) is 14.5. The van der Waals surface area contributed by atoms with Gasteiger partial charge in [-0.2, -0.15) is 4.31 Å². The van der Waals surface area contributed by atoms with Crippen molar-refractivity contribution in [1.29, 1.82) is 0 Å². The molecule has 30 heavy (non-hydrogen) atoms. The number of hydrogen-bond donors (Lipinski definition) is 0. The molecule has 3 aromatic rings. The minimum atomic E-state index is -3.66. The smallest absolute Gasteiger partial charge is 0.292 e. The molecule has 7 nitrogen and oxygen atoms in total. The van der Waals surface area contributed by atoms with Crippen LogP contribution in [0, 0.1) is 6.92 Å². The van der Waals surface area contributed by atoms with Crippen LogP contribution in [0.2, 0.25) is 5.02 Å². The molecule has 0 N–H and O–H groups in total. The predicted molar refractivity (Wildman–Crippen MR) is 113 cm³/mol. The highest BCUT2D eigenvalue weighted by atomic mass is 35.5. The van der Waals surface area contributed by atoms with Crippen LogP contribution >= 0.6 is 11.6 Å². The van der Waals surface area contributed by atoms with Crippen molar-refractivity contribution in [2.24, 2.45) is 0 Å². The van der Waals surface area contributed by atoms with E-state index in [-0.39, 0.29) is 42.7 Å². The Morgan fingerprint density at radius 1 is 1.03 bits per heavy atom. The average Bonchev–Trinajstić information content (AvgIpc) is 3.24. The summed E-state index contributed by atoms with van der Waals surface area (Å²) in [5.74, 6) is -0.169. The van der Waals surface area contributed by atoms with E-state index in [0.717, 1.165) is 11.1 Å². The normalized spacial score (nSPS) is 15.3. The number of hydrogen-bond acceptors (Lipinski definition) is 5. The number of amides is 1. The van der Waals surface area contributed by atoms with E-state index < -0.39 is 10.0 Å². The van der Waals surface area contributed by atoms with Crippen molar-refractivity contribution in [3.63, 3.8) is 0 Å². The zero-order valence-electron chi connectivity index (χ0n) is 16.3. The van der Waals surface area contributed by atoms with Crippen molar-refractivity contribution in [3.05, 3.63) is 70.9 Å². The van der Waals surface area contributed by atoms with Crippen LogP contribution in [0.1, 0.15) is 16.1 Å². The Bertz CT molecular complexity index is 1170. The Balaban J connectivity index is 1.43. The Hall–Kier alpha value is -2.68. The van der Waals surface area contributed by atoms with E-state index in [9.17, 15) is 13.2 Å². The number of aromatic nitrogens is 1. The summed E-state index contributed by atoms with van der Waals surface area (Å²) >= 11 is 5.92. The van der Waals surface area contributed by atoms with Crippen LogP contribution in [-0.2, 0) is 10.0 Å². The Labute approximate surface area is 179 Å². The van der Waals surface area contributed by atoms with Gasteiger partial charge >= 0.3 is 0 Å². The van der Waals surface area contributed by atoms with Crippen molar-refractivity contribution in [2.45, 2.75) is 11.8 Å². The number of piperazine rings is 1. The van der Waals surface area contributed by atoms with E-state index >= 15 is 0 Å². The number of sulfonamides is 1. The van der Waals surface area contributed by atoms with E-state index in [0.29, 0.717) is 10.7 Å². The zero-order chi connectivity index (χ0) is 21.3. The maximum absolute atomic E-state index is 12.8. The first-order valence-electron chi connectivity index (χ1n) is 9.43. The van der Waals surface area contributed by atoms with E-state index in [4.69, 9.17) is 16.1 Å². The lowest BCUT2D eigenvalue weighted by Crippen LogP contribution is -2.50. The largest absolute Gasteiger partial charge is 0.350 e. The monoisotopic (exact) mass is 445 g/mol. The van der Waals surface area contributed by atoms with E-state index in [2.05, 4.69) is 5.16 Å². The number of rotatable bonds is 4. The van der Waals surface area contributed by atoms with Crippen molar-refractivity contribution in [1.82, 2.24) is 14.4 Å². The molecule has 2 aromatic carbocycles. The third-order valence-corrected chi connectivity index (χ3v) is 7.16. The maximum Gasteiger partial charge on any atom is 0.292 e. The molecule has 9 heteroatoms. The van der Waals surface area contributed by atoms with Gasteiger partial charge in [-0.1, -0.05) is 52.7 Å². The summed E-state index contributed by atoms with van der Waals surface area (Å²) < 4.78 is 32.2. The fourth-order valence-corrected chi connectivity index (χ4v) is 5.02. The summed E-state index contributed by atoms with van der Waals surface area (Å²) in [7, 11) is -3.66. The molecule has 0 atom stereocenters. The van der Waals surface area contributed by atoms with Gasteiger partial charge in [0.25, 0.3) is 5.91 Å². The molecule has 4 rings (SSSR count). The molecule has 2 heterocycles. The van der Waals surface area contributed by atoms with Crippen LogP contribution in [0.3, 0.4) is 0 Å². The van der Waals surface area contributed by atoms with Crippen LogP contribution in [0.4, 0.5) is 0 Å². The minimum absolute atomic E-state index is 0.136. The number of aryl methyl sites for hydroxylation is 1. The first-order chi connectivity index (χ1) is 14.3. The molecule has 1 fully saturated rings. The fourth-order valence-electron chi connectivity index (χ4n) is 3.30. The van der Waals surface area contributed by atoms with E-state index in [1.54, 1.807) is 23.1 Å². The van der Waals surface area contributed by atoms with Crippen LogP contribution in [0.5, 0.6) is 0 Å². The third-order valence-electron chi connectivity index (χ3n) is 5.03. The van der Waals surface area contributed by atoms with Crippen molar-refractivity contribution < 1.29 is 17.7 Å². The third kappa shape index (κ3) is 4.12. The highest BCUT2D eigenvalue weighted by Gasteiger charge is 2.31. The SMILES string of the molecule is Cc1ccc(-c2cc(C(=O)N3CCN(S(=O)(=O)c4cccc(Cl)c4)CC3)on2)cc1. The van der Waals surface area contributed by atoms with Crippen LogP contribution in [0.25, 0.3) is 11.3 Å². The second-order valence-corrected chi connectivity index (χ2v) is 9.47. The average molecular weight is 446 g/mol. The number of nitrogens with zero attached hydrogens (tertiary/aromatic N) is 3. The Kier molecular flexibility index (Phi) is 5.64. The number of benzene rings is 2. The van der Waals surface area contributed by atoms with Gasteiger partial charge in [0.15, 0.2) is 0 Å². The molecule has 1 aliphatic heterocycles. The molecule has 0 spiro atoms. The topological polar surface area (TPSA) is 83.7 Å². The molecule has 0 unspecified atom stereocenters. The highest BCUT2D eigenvalue weighted by molar-refractivity contribution is 7.89. The molecule has 1 aromatic heterocycles. The van der Waals surface area contributed by atoms with E-state index in [1.807, 2.05) is 31.2 Å². The van der Waals surface area contributed by atoms with Gasteiger partial charge in [-0.25, -0.2) is 8.42 Å². The molecule has 1 aliphatic rings. The lowest BCUT2D eigenvalue weighted by molar-refractivity contribution is 0.0656. The molecular weight excluding hydrogens is 426 g/mol. The Morgan fingerprint density at radius 2 is 1.73 bits per heavy atom. The standard InChI is InChI=1S/C21H20ClN3O4S/c1-15-5-7-16(8-6-15)19-14-20(29-23-19)21(26)24-9-11-25(12-10-24)30(27,28)18-4-2-3-17(22)13-18/h2-8,13-14H,9-12H2,1H3. The summed E-state index contributed by atoms with van der Waals surface area (Å²) in [6, 6.07) is 15.5. The maximum atomic E-state index is 12.8. The molecule has 0 aliphatic carbocycles. The van der Waals surface area contributed by atoms with Gasteiger partial charge in [0.2, 0.25) is 15.8 Å². The molecular formula is C21H20ClN3O4S. The van der Waals surface area contributed by atoms with Crippen LogP contribution in [-0.4, -0.2) is 54.9 Å². The molecule has 0 saturated carbocycles. The van der Waals surface area contributed by atoms with Gasteiger partial charge in [-0.15, -0.1) is 0 Å². The van der Waals surface area contributed by atoms with Crippen molar-refractivity contribution in [2.75, 3.05) is 26.2 Å². The van der Waals surface area contributed by atoms with Gasteiger partial charge < -0.3 is 9.42 Å². The molecule has 1 saturated heterocycles. The number of carbonyl (C=O) groups is 1. The van der Waals surface area contributed by atoms with Crippen LogP contribution in [0.15, 0.2) is 64.0 Å². The first-order valence-corrected chi connectivity index (χ1v) is 11.3. The fraction of sp³-hybridized carbons (Fsp3) is 0.238. The van der Waals surface area contributed by atoms with E-state index in [1.165, 1.54) is 16.4 Å². The summed E-state index contributed by atoms with van der Waals surface area (Å²) in [5.41, 5.74) is 2.57. The number of carbonyl (C=O) groups excluding carboxylic acids is 1. The van der Waals surface area contributed by atoms with Gasteiger partial charge in [-0.3, -0.25) is 4.79 Å². The summed E-state index contributed by atoms with van der Waals surface area (Å²) in [5, 5.41) is 4.35. The van der Waals surface area contributed by atoms with Gasteiger partial charge in [0, 0.05) is 42.8 Å². The number of halogens is 1. The zero-order valence-corrected chi connectivity index (χ0v) is 17.9. The highest BCUT2D eigenvalue weighted by Crippen LogP contribution is 2.23. The van der Waals surface area contributed by atoms with Gasteiger partial charge in [0.1, 0.15) is 5.69 Å². The molecule has 0 bridgehead atoms. The molecule has 1 amide bonds. The van der Waals surface area contributed by atoms with Gasteiger partial charge in [-0.05, 0) is 25.1 Å². The Morgan fingerprint density at radius 3 is 2.40 bits per heavy atom. The minimum Gasteiger partial charge on any atom is -0.350 e. The van der Waals surface area contributed by atoms with Crippen molar-refractivity contribution >= 4 is 27.5 Å². The lowest BCUT2D eigenvalue weighted by Gasteiger charge is -2.33. The predicted octanol–water partition coefficient (Wildman–Crippen LogP) is 3.45. The second kappa shape index (κ2) is 8.22.